The zero-order chi connectivity index (χ0) is 16.0. The molecule has 2 aliphatic heterocycles. The second-order valence-corrected chi connectivity index (χ2v) is 6.19. The lowest BCUT2D eigenvalue weighted by Gasteiger charge is -2.34. The van der Waals surface area contributed by atoms with Crippen LogP contribution in [0.3, 0.4) is 0 Å². The molecule has 2 heterocycles. The third kappa shape index (κ3) is 3.70. The van der Waals surface area contributed by atoms with Gasteiger partial charge in [-0.1, -0.05) is 39.3 Å². The molecule has 1 spiro atoms. The molecular formula is C19H30N2O. The van der Waals surface area contributed by atoms with Crippen LogP contribution in [0.1, 0.15) is 62.4 Å². The van der Waals surface area contributed by atoms with Gasteiger partial charge in [-0.3, -0.25) is 4.79 Å². The Morgan fingerprint density at radius 3 is 2.50 bits per heavy atom. The van der Waals surface area contributed by atoms with Gasteiger partial charge in [0, 0.05) is 24.2 Å². The lowest BCUT2D eigenvalue weighted by molar-refractivity contribution is 0.0775. The van der Waals surface area contributed by atoms with Crippen molar-refractivity contribution in [3.05, 3.63) is 35.4 Å². The third-order valence-electron chi connectivity index (χ3n) is 4.83. The largest absolute Gasteiger partial charge is 0.337 e. The van der Waals surface area contributed by atoms with Crippen molar-refractivity contribution < 1.29 is 4.79 Å². The molecule has 1 aromatic rings. The summed E-state index contributed by atoms with van der Waals surface area (Å²) in [5.74, 6) is 0.192. The smallest absolute Gasteiger partial charge is 0.253 e. The number of benzene rings is 1. The fraction of sp³-hybridized carbons (Fsp3) is 0.632. The van der Waals surface area contributed by atoms with Gasteiger partial charge >= 0.3 is 0 Å². The van der Waals surface area contributed by atoms with Gasteiger partial charge in [0.15, 0.2) is 0 Å². The summed E-state index contributed by atoms with van der Waals surface area (Å²) in [6.45, 7) is 9.01. The number of nitrogens with one attached hydrogen (secondary N) is 1. The molecule has 0 radical (unpaired) electrons. The predicted molar refractivity (Wildman–Crippen MR) is 92.3 cm³/mol. The number of hydrogen-bond donors (Lipinski definition) is 1. The fourth-order valence-corrected chi connectivity index (χ4v) is 3.49. The SMILES string of the molecule is CC.CCc1ccc(C(=O)N2CCC3(CCCCN3)C2)cc1. The molecule has 2 aliphatic rings. The minimum atomic E-state index is 0.192. The van der Waals surface area contributed by atoms with Crippen molar-refractivity contribution in [3.63, 3.8) is 0 Å². The van der Waals surface area contributed by atoms with Crippen molar-refractivity contribution in [2.75, 3.05) is 19.6 Å². The van der Waals surface area contributed by atoms with Crippen molar-refractivity contribution in [2.45, 2.75) is 58.4 Å². The molecule has 1 amide bonds. The molecule has 2 fully saturated rings. The number of nitrogens with zero attached hydrogens (tertiary/aromatic N) is 1. The van der Waals surface area contributed by atoms with Crippen LogP contribution in [-0.2, 0) is 6.42 Å². The van der Waals surface area contributed by atoms with Crippen molar-refractivity contribution >= 4 is 5.91 Å². The Morgan fingerprint density at radius 1 is 1.18 bits per heavy atom. The Morgan fingerprint density at radius 2 is 1.91 bits per heavy atom. The maximum absolute atomic E-state index is 12.6. The molecule has 1 atom stereocenters. The molecule has 3 heteroatoms. The minimum absolute atomic E-state index is 0.192. The summed E-state index contributed by atoms with van der Waals surface area (Å²) < 4.78 is 0. The van der Waals surface area contributed by atoms with Crippen molar-refractivity contribution in [2.24, 2.45) is 0 Å². The van der Waals surface area contributed by atoms with Crippen LogP contribution in [0.25, 0.3) is 0 Å². The molecule has 0 aromatic heterocycles. The Kier molecular flexibility index (Phi) is 6.01. The lowest BCUT2D eigenvalue weighted by atomic mass is 9.88. The summed E-state index contributed by atoms with van der Waals surface area (Å²) in [4.78, 5) is 14.6. The van der Waals surface area contributed by atoms with Gasteiger partial charge in [0.1, 0.15) is 0 Å². The summed E-state index contributed by atoms with van der Waals surface area (Å²) >= 11 is 0. The molecule has 3 rings (SSSR count). The van der Waals surface area contributed by atoms with E-state index in [0.29, 0.717) is 0 Å². The van der Waals surface area contributed by atoms with E-state index >= 15 is 0 Å². The molecular weight excluding hydrogens is 272 g/mol. The van der Waals surface area contributed by atoms with Crippen LogP contribution in [-0.4, -0.2) is 36.0 Å². The number of carbonyl (C=O) groups is 1. The molecule has 1 N–H and O–H groups in total. The third-order valence-corrected chi connectivity index (χ3v) is 4.83. The molecule has 0 bridgehead atoms. The standard InChI is InChI=1S/C17H24N2O.C2H6/c1-2-14-5-7-15(8-6-14)16(20)19-12-10-17(13-19)9-3-4-11-18-17;1-2/h5-8,18H,2-4,9-13H2,1H3;1-2H3. The molecule has 1 unspecified atom stereocenters. The van der Waals surface area contributed by atoms with Crippen molar-refractivity contribution in [1.82, 2.24) is 10.2 Å². The predicted octanol–water partition coefficient (Wildman–Crippen LogP) is 3.63. The second kappa shape index (κ2) is 7.77. The van der Waals surface area contributed by atoms with E-state index in [1.54, 1.807) is 0 Å². The molecule has 122 valence electrons. The van der Waals surface area contributed by atoms with Gasteiger partial charge in [0.25, 0.3) is 5.91 Å². The first-order chi connectivity index (χ1) is 10.7. The average molecular weight is 302 g/mol. The number of amides is 1. The summed E-state index contributed by atoms with van der Waals surface area (Å²) in [5.41, 5.74) is 2.32. The first-order valence-corrected chi connectivity index (χ1v) is 8.86. The monoisotopic (exact) mass is 302 g/mol. The van der Waals surface area contributed by atoms with Crippen LogP contribution in [0.4, 0.5) is 0 Å². The Bertz CT molecular complexity index is 475. The number of hydrogen-bond acceptors (Lipinski definition) is 2. The van der Waals surface area contributed by atoms with Crippen LogP contribution >= 0.6 is 0 Å². The quantitative estimate of drug-likeness (QED) is 0.904. The van der Waals surface area contributed by atoms with E-state index in [-0.39, 0.29) is 11.4 Å². The summed E-state index contributed by atoms with van der Waals surface area (Å²) in [6.07, 6.45) is 5.90. The van der Waals surface area contributed by atoms with Gasteiger partial charge in [-0.2, -0.15) is 0 Å². The highest BCUT2D eigenvalue weighted by Gasteiger charge is 2.40. The van der Waals surface area contributed by atoms with Gasteiger partial charge in [-0.05, 0) is 49.9 Å². The van der Waals surface area contributed by atoms with Gasteiger partial charge in [-0.25, -0.2) is 0 Å². The van der Waals surface area contributed by atoms with Gasteiger partial charge < -0.3 is 10.2 Å². The van der Waals surface area contributed by atoms with Gasteiger partial charge in [0.05, 0.1) is 0 Å². The lowest BCUT2D eigenvalue weighted by Crippen LogP contribution is -2.50. The van der Waals surface area contributed by atoms with E-state index in [4.69, 9.17) is 0 Å². The van der Waals surface area contributed by atoms with Crippen molar-refractivity contribution in [3.8, 4) is 0 Å². The van der Waals surface area contributed by atoms with Crippen LogP contribution in [0.2, 0.25) is 0 Å². The zero-order valence-electron chi connectivity index (χ0n) is 14.3. The summed E-state index contributed by atoms with van der Waals surface area (Å²) in [7, 11) is 0. The summed E-state index contributed by atoms with van der Waals surface area (Å²) in [5, 5.41) is 3.66. The number of likely N-dealkylation sites (tertiary alicyclic amines) is 1. The second-order valence-electron chi connectivity index (χ2n) is 6.19. The van der Waals surface area contributed by atoms with Gasteiger partial charge in [-0.15, -0.1) is 0 Å². The summed E-state index contributed by atoms with van der Waals surface area (Å²) in [6, 6.07) is 8.08. The number of carbonyl (C=O) groups excluding carboxylic acids is 1. The first kappa shape index (κ1) is 17.0. The van der Waals surface area contributed by atoms with Crippen LogP contribution in [0.5, 0.6) is 0 Å². The molecule has 0 aliphatic carbocycles. The van der Waals surface area contributed by atoms with E-state index in [1.165, 1.54) is 24.8 Å². The molecule has 0 saturated carbocycles. The minimum Gasteiger partial charge on any atom is -0.337 e. The van der Waals surface area contributed by atoms with E-state index < -0.39 is 0 Å². The maximum atomic E-state index is 12.6. The van der Waals surface area contributed by atoms with E-state index in [0.717, 1.165) is 38.0 Å². The Balaban J connectivity index is 0.000000847. The first-order valence-electron chi connectivity index (χ1n) is 8.86. The number of piperidine rings is 1. The number of aryl methyl sites for hydroxylation is 1. The molecule has 3 nitrogen and oxygen atoms in total. The van der Waals surface area contributed by atoms with Crippen molar-refractivity contribution in [1.29, 1.82) is 0 Å². The van der Waals surface area contributed by atoms with E-state index in [9.17, 15) is 4.79 Å². The number of rotatable bonds is 2. The zero-order valence-corrected chi connectivity index (χ0v) is 14.3. The van der Waals surface area contributed by atoms with Crippen LogP contribution in [0, 0.1) is 0 Å². The molecule has 22 heavy (non-hydrogen) atoms. The Labute approximate surface area is 135 Å². The highest BCUT2D eigenvalue weighted by Crippen LogP contribution is 2.30. The topological polar surface area (TPSA) is 32.3 Å². The highest BCUT2D eigenvalue weighted by molar-refractivity contribution is 5.94. The highest BCUT2D eigenvalue weighted by atomic mass is 16.2. The van der Waals surface area contributed by atoms with E-state index in [1.807, 2.05) is 30.9 Å². The maximum Gasteiger partial charge on any atom is 0.253 e. The molecule has 2 saturated heterocycles. The normalized spacial score (nSPS) is 24.0. The van der Waals surface area contributed by atoms with E-state index in [2.05, 4.69) is 24.4 Å². The van der Waals surface area contributed by atoms with Crippen LogP contribution < -0.4 is 5.32 Å². The molecule has 1 aromatic carbocycles. The Hall–Kier alpha value is -1.35. The van der Waals surface area contributed by atoms with Crippen LogP contribution in [0.15, 0.2) is 24.3 Å². The fourth-order valence-electron chi connectivity index (χ4n) is 3.49. The average Bonchev–Trinajstić information content (AvgIpc) is 3.00. The van der Waals surface area contributed by atoms with Gasteiger partial charge in [0.2, 0.25) is 0 Å².